The Kier molecular flexibility index (Phi) is 6.36. The number of hydrogen-bond donors (Lipinski definition) is 1. The van der Waals surface area contributed by atoms with E-state index >= 15 is 0 Å². The summed E-state index contributed by atoms with van der Waals surface area (Å²) >= 11 is 6.35. The molecule has 2 aromatic rings. The molecule has 2 heterocycles. The van der Waals surface area contributed by atoms with Gasteiger partial charge in [-0.25, -0.2) is 8.42 Å². The molecule has 0 radical (unpaired) electrons. The van der Waals surface area contributed by atoms with Gasteiger partial charge < -0.3 is 14.7 Å². The van der Waals surface area contributed by atoms with Crippen LogP contribution in [0.15, 0.2) is 47.4 Å². The lowest BCUT2D eigenvalue weighted by molar-refractivity contribution is -0.126. The molecular formula is C26H31ClN2O5S. The van der Waals surface area contributed by atoms with Crippen molar-refractivity contribution in [1.29, 1.82) is 0 Å². The molecule has 1 saturated heterocycles. The van der Waals surface area contributed by atoms with E-state index in [9.17, 15) is 18.3 Å². The molecule has 35 heavy (non-hydrogen) atoms. The molecule has 2 aliphatic heterocycles. The van der Waals surface area contributed by atoms with Crippen molar-refractivity contribution in [2.24, 2.45) is 0 Å². The predicted molar refractivity (Wildman–Crippen MR) is 135 cm³/mol. The predicted octanol–water partition coefficient (Wildman–Crippen LogP) is 3.41. The van der Waals surface area contributed by atoms with Crippen LogP contribution in [0.2, 0.25) is 5.02 Å². The van der Waals surface area contributed by atoms with Crippen molar-refractivity contribution >= 4 is 33.0 Å². The van der Waals surface area contributed by atoms with E-state index in [1.165, 1.54) is 6.26 Å². The number of carbonyl (C=O) groups is 1. The minimum absolute atomic E-state index is 0.0521. The van der Waals surface area contributed by atoms with Crippen LogP contribution in [0.5, 0.6) is 5.75 Å². The molecule has 1 N–H and O–H groups in total. The lowest BCUT2D eigenvalue weighted by atomic mass is 9.73. The first-order chi connectivity index (χ1) is 16.6. The summed E-state index contributed by atoms with van der Waals surface area (Å²) in [6.07, 6.45) is 3.51. The molecule has 1 atom stereocenters. The number of rotatable bonds is 6. The Bertz CT molecular complexity index is 1220. The number of amides is 1. The number of likely N-dealkylation sites (tertiary alicyclic amines) is 1. The molecule has 0 unspecified atom stereocenters. The zero-order valence-electron chi connectivity index (χ0n) is 20.0. The van der Waals surface area contributed by atoms with E-state index in [0.717, 1.165) is 24.3 Å². The first-order valence-corrected chi connectivity index (χ1v) is 14.3. The number of fused-ring (bicyclic) bond motifs is 2. The molecule has 188 valence electrons. The fraction of sp³-hybridized carbons (Fsp3) is 0.500. The highest BCUT2D eigenvalue weighted by Gasteiger charge is 2.55. The molecule has 0 bridgehead atoms. The summed E-state index contributed by atoms with van der Waals surface area (Å²) in [6.45, 7) is 4.09. The van der Waals surface area contributed by atoms with Gasteiger partial charge in [-0.3, -0.25) is 9.69 Å². The Labute approximate surface area is 211 Å². The number of piperidine rings is 1. The van der Waals surface area contributed by atoms with Gasteiger partial charge in [-0.05, 0) is 93.7 Å². The summed E-state index contributed by atoms with van der Waals surface area (Å²) < 4.78 is 29.2. The number of carbonyl (C=O) groups excluding carboxylic acids is 1. The van der Waals surface area contributed by atoms with Crippen molar-refractivity contribution in [3.63, 3.8) is 0 Å². The number of benzene rings is 2. The topological polar surface area (TPSA) is 87.2 Å². The third kappa shape index (κ3) is 4.46. The number of sulfone groups is 1. The van der Waals surface area contributed by atoms with Crippen molar-refractivity contribution in [2.45, 2.75) is 61.1 Å². The number of aliphatic hydroxyl groups is 1. The monoisotopic (exact) mass is 518 g/mol. The highest BCUT2D eigenvalue weighted by molar-refractivity contribution is 7.90. The first kappa shape index (κ1) is 24.6. The lowest BCUT2D eigenvalue weighted by Gasteiger charge is -2.43. The number of ether oxygens (including phenoxy) is 1. The largest absolute Gasteiger partial charge is 0.492 e. The Morgan fingerprint density at radius 3 is 2.40 bits per heavy atom. The SMILES string of the molecule is C[C@@H](COc1ccc(S(C)(=O)=O)cc1)N1CCC2(CC1)C(=O)N([C@H]1C[C@H](O)C1)c1ccc(Cl)cc12. The second-order valence-electron chi connectivity index (χ2n) is 10.1. The van der Waals surface area contributed by atoms with Gasteiger partial charge in [0, 0.05) is 29.0 Å². The van der Waals surface area contributed by atoms with Crippen LogP contribution in [0, 0.1) is 0 Å². The van der Waals surface area contributed by atoms with E-state index in [2.05, 4.69) is 11.8 Å². The van der Waals surface area contributed by atoms with E-state index in [4.69, 9.17) is 16.3 Å². The fourth-order valence-electron chi connectivity index (χ4n) is 5.62. The van der Waals surface area contributed by atoms with E-state index in [1.807, 2.05) is 23.1 Å². The molecule has 1 aliphatic carbocycles. The van der Waals surface area contributed by atoms with Crippen LogP contribution in [0.4, 0.5) is 5.69 Å². The highest BCUT2D eigenvalue weighted by Crippen LogP contribution is 2.51. The maximum absolute atomic E-state index is 13.8. The van der Waals surface area contributed by atoms with Gasteiger partial charge in [0.25, 0.3) is 0 Å². The highest BCUT2D eigenvalue weighted by atomic mass is 35.5. The zero-order valence-corrected chi connectivity index (χ0v) is 21.6. The van der Waals surface area contributed by atoms with E-state index in [1.54, 1.807) is 24.3 Å². The van der Waals surface area contributed by atoms with Gasteiger partial charge in [0.15, 0.2) is 9.84 Å². The van der Waals surface area contributed by atoms with Crippen molar-refractivity contribution < 1.29 is 23.1 Å². The third-order valence-electron chi connectivity index (χ3n) is 7.83. The minimum Gasteiger partial charge on any atom is -0.492 e. The molecule has 2 aromatic carbocycles. The average molecular weight is 519 g/mol. The number of anilines is 1. The maximum Gasteiger partial charge on any atom is 0.238 e. The van der Waals surface area contributed by atoms with E-state index in [0.29, 0.717) is 43.1 Å². The van der Waals surface area contributed by atoms with Crippen molar-refractivity contribution in [2.75, 3.05) is 30.9 Å². The van der Waals surface area contributed by atoms with Crippen molar-refractivity contribution in [1.82, 2.24) is 4.90 Å². The molecule has 1 saturated carbocycles. The molecule has 3 aliphatic rings. The summed E-state index contributed by atoms with van der Waals surface area (Å²) in [7, 11) is -3.23. The van der Waals surface area contributed by atoms with E-state index < -0.39 is 15.3 Å². The van der Waals surface area contributed by atoms with Gasteiger partial charge in [-0.1, -0.05) is 11.6 Å². The Balaban J connectivity index is 1.25. The van der Waals surface area contributed by atoms with Gasteiger partial charge in [0.1, 0.15) is 12.4 Å². The summed E-state index contributed by atoms with van der Waals surface area (Å²) in [5.41, 5.74) is 1.39. The van der Waals surface area contributed by atoms with Crippen LogP contribution in [0.25, 0.3) is 0 Å². The van der Waals surface area contributed by atoms with Gasteiger partial charge in [0.2, 0.25) is 5.91 Å². The number of nitrogens with zero attached hydrogens (tertiary/aromatic N) is 2. The van der Waals surface area contributed by atoms with Crippen LogP contribution in [0.3, 0.4) is 0 Å². The van der Waals surface area contributed by atoms with Crippen molar-refractivity contribution in [3.05, 3.63) is 53.1 Å². The standard InChI is InChI=1S/C26H31ClN2O5S/c1-17(16-34-21-4-6-22(7-5-21)35(2,32)33)28-11-9-26(10-12-28)23-13-18(27)3-8-24(23)29(25(26)31)19-14-20(30)15-19/h3-8,13,17,19-20,30H,9-12,14-16H2,1-2H3/t17-,19-,20-/m0/s1. The molecule has 5 rings (SSSR count). The number of hydrogen-bond acceptors (Lipinski definition) is 6. The summed E-state index contributed by atoms with van der Waals surface area (Å²) in [6, 6.07) is 12.4. The lowest BCUT2D eigenvalue weighted by Crippen LogP contribution is -2.55. The summed E-state index contributed by atoms with van der Waals surface area (Å²) in [5.74, 6) is 0.770. The van der Waals surface area contributed by atoms with Crippen LogP contribution in [0.1, 0.15) is 38.2 Å². The Morgan fingerprint density at radius 2 is 1.80 bits per heavy atom. The van der Waals surface area contributed by atoms with Crippen LogP contribution >= 0.6 is 11.6 Å². The van der Waals surface area contributed by atoms with Crippen LogP contribution in [-0.4, -0.2) is 68.5 Å². The third-order valence-corrected chi connectivity index (χ3v) is 9.20. The smallest absolute Gasteiger partial charge is 0.238 e. The van der Waals surface area contributed by atoms with Crippen LogP contribution < -0.4 is 9.64 Å². The molecule has 2 fully saturated rings. The molecule has 0 aromatic heterocycles. The second-order valence-corrected chi connectivity index (χ2v) is 12.6. The summed E-state index contributed by atoms with van der Waals surface area (Å²) in [5, 5.41) is 10.5. The van der Waals surface area contributed by atoms with Gasteiger partial charge in [-0.2, -0.15) is 0 Å². The van der Waals surface area contributed by atoms with Gasteiger partial charge in [0.05, 0.1) is 16.4 Å². The average Bonchev–Trinajstić information content (AvgIpc) is 3.03. The van der Waals surface area contributed by atoms with Gasteiger partial charge in [-0.15, -0.1) is 0 Å². The fourth-order valence-corrected chi connectivity index (χ4v) is 6.43. The molecule has 1 amide bonds. The number of halogens is 1. The normalized spacial score (nSPS) is 24.8. The van der Waals surface area contributed by atoms with Gasteiger partial charge >= 0.3 is 0 Å². The number of aliphatic hydroxyl groups excluding tert-OH is 1. The van der Waals surface area contributed by atoms with Crippen LogP contribution in [-0.2, 0) is 20.0 Å². The Morgan fingerprint density at radius 1 is 1.14 bits per heavy atom. The minimum atomic E-state index is -3.23. The molecule has 9 heteroatoms. The van der Waals surface area contributed by atoms with E-state index in [-0.39, 0.29) is 29.0 Å². The molecule has 7 nitrogen and oxygen atoms in total. The van der Waals surface area contributed by atoms with Crippen molar-refractivity contribution in [3.8, 4) is 5.75 Å². The Hall–Kier alpha value is -2.13. The summed E-state index contributed by atoms with van der Waals surface area (Å²) in [4.78, 5) is 18.3. The first-order valence-electron chi connectivity index (χ1n) is 12.1. The second kappa shape index (κ2) is 9.07. The quantitative estimate of drug-likeness (QED) is 0.630. The molecule has 1 spiro atoms. The maximum atomic E-state index is 13.8. The molecular weight excluding hydrogens is 488 g/mol. The zero-order chi connectivity index (χ0) is 25.0.